The lowest BCUT2D eigenvalue weighted by atomic mass is 9.72. The molecule has 0 saturated heterocycles. The maximum Gasteiger partial charge on any atom is 0.272 e. The van der Waals surface area contributed by atoms with Crippen LogP contribution in [0.5, 0.6) is 5.75 Å². The third kappa shape index (κ3) is 5.09. The molecule has 2 aromatic rings. The van der Waals surface area contributed by atoms with Gasteiger partial charge in [0.2, 0.25) is 0 Å². The summed E-state index contributed by atoms with van der Waals surface area (Å²) < 4.78 is 0. The Bertz CT molecular complexity index is 911. The Hall–Kier alpha value is -2.89. The number of nitrogens with zero attached hydrogens (tertiary/aromatic N) is 1. The Morgan fingerprint density at radius 1 is 1.11 bits per heavy atom. The Balaban J connectivity index is 2.31. The number of phenolic OH excluding ortho intramolecular Hbond substituents is 1. The Labute approximate surface area is 165 Å². The van der Waals surface area contributed by atoms with Gasteiger partial charge in [0.15, 0.2) is 0 Å². The molecule has 1 amide bonds. The van der Waals surface area contributed by atoms with Crippen LogP contribution in [-0.2, 0) is 5.41 Å². The number of nitro groups is 1. The number of aryl methyl sites for hydroxylation is 1. The lowest BCUT2D eigenvalue weighted by molar-refractivity contribution is -0.385. The third-order valence-electron chi connectivity index (χ3n) is 4.65. The molecule has 2 N–H and O–H groups in total. The second kappa shape index (κ2) is 7.62. The minimum atomic E-state index is -0.465. The number of rotatable bonds is 5. The maximum atomic E-state index is 12.7. The maximum absolute atomic E-state index is 12.7. The molecule has 0 aliphatic rings. The van der Waals surface area contributed by atoms with E-state index in [4.69, 9.17) is 0 Å². The number of phenols is 1. The summed E-state index contributed by atoms with van der Waals surface area (Å²) in [6, 6.07) is 9.47. The summed E-state index contributed by atoms with van der Waals surface area (Å²) >= 11 is 0. The predicted octanol–water partition coefficient (Wildman–Crippen LogP) is 5.57. The van der Waals surface area contributed by atoms with Crippen LogP contribution in [-0.4, -0.2) is 15.9 Å². The highest BCUT2D eigenvalue weighted by molar-refractivity contribution is 6.06. The predicted molar refractivity (Wildman–Crippen MR) is 111 cm³/mol. The van der Waals surface area contributed by atoms with Crippen molar-refractivity contribution in [3.8, 4) is 5.75 Å². The number of benzene rings is 2. The summed E-state index contributed by atoms with van der Waals surface area (Å²) in [6.45, 7) is 12.3. The standard InChI is InChI=1S/C22H28N2O4/c1-14-11-16(8-9-18(14)24(27)28)23-20(26)17-12-15(7-10-19(17)25)22(5,6)13-21(2,3)4/h7-12,25H,13H2,1-6H3,(H,23,26). The number of aromatic hydroxyl groups is 1. The van der Waals surface area contributed by atoms with Gasteiger partial charge in [-0.3, -0.25) is 14.9 Å². The van der Waals surface area contributed by atoms with Crippen molar-refractivity contribution in [3.05, 3.63) is 63.2 Å². The molecule has 0 heterocycles. The van der Waals surface area contributed by atoms with E-state index in [2.05, 4.69) is 39.9 Å². The highest BCUT2D eigenvalue weighted by Gasteiger charge is 2.28. The molecule has 0 radical (unpaired) electrons. The monoisotopic (exact) mass is 384 g/mol. The number of carbonyl (C=O) groups is 1. The molecule has 6 heteroatoms. The van der Waals surface area contributed by atoms with Crippen molar-refractivity contribution in [2.45, 2.75) is 53.4 Å². The normalized spacial score (nSPS) is 11.9. The zero-order chi connectivity index (χ0) is 21.3. The SMILES string of the molecule is Cc1cc(NC(=O)c2cc(C(C)(C)CC(C)(C)C)ccc2O)ccc1[N+](=O)[O-]. The van der Waals surface area contributed by atoms with Crippen LogP contribution >= 0.6 is 0 Å². The van der Waals surface area contributed by atoms with Crippen LogP contribution in [0.15, 0.2) is 36.4 Å². The zero-order valence-electron chi connectivity index (χ0n) is 17.3. The van der Waals surface area contributed by atoms with E-state index in [1.54, 1.807) is 19.1 Å². The molecule has 0 saturated carbocycles. The topological polar surface area (TPSA) is 92.5 Å². The minimum Gasteiger partial charge on any atom is -0.507 e. The molecule has 0 unspecified atom stereocenters. The molecular formula is C22H28N2O4. The van der Waals surface area contributed by atoms with Crippen LogP contribution in [0.1, 0.15) is 62.5 Å². The van der Waals surface area contributed by atoms with Gasteiger partial charge in [-0.15, -0.1) is 0 Å². The van der Waals surface area contributed by atoms with E-state index in [9.17, 15) is 20.0 Å². The Morgan fingerprint density at radius 2 is 1.75 bits per heavy atom. The van der Waals surface area contributed by atoms with Gasteiger partial charge in [-0.05, 0) is 54.0 Å². The van der Waals surface area contributed by atoms with Crippen LogP contribution < -0.4 is 5.32 Å². The molecule has 28 heavy (non-hydrogen) atoms. The quantitative estimate of drug-likeness (QED) is 0.520. The largest absolute Gasteiger partial charge is 0.507 e. The number of hydrogen-bond acceptors (Lipinski definition) is 4. The highest BCUT2D eigenvalue weighted by atomic mass is 16.6. The van der Waals surface area contributed by atoms with Gasteiger partial charge >= 0.3 is 0 Å². The van der Waals surface area contributed by atoms with Crippen molar-refractivity contribution in [1.29, 1.82) is 0 Å². The number of amides is 1. The summed E-state index contributed by atoms with van der Waals surface area (Å²) in [5.74, 6) is -0.564. The van der Waals surface area contributed by atoms with E-state index in [0.29, 0.717) is 11.3 Å². The van der Waals surface area contributed by atoms with Crippen molar-refractivity contribution in [2.24, 2.45) is 5.41 Å². The molecule has 0 aliphatic heterocycles. The fourth-order valence-corrected chi connectivity index (χ4v) is 3.70. The fourth-order valence-electron chi connectivity index (χ4n) is 3.70. The third-order valence-corrected chi connectivity index (χ3v) is 4.65. The first kappa shape index (κ1) is 21.4. The van der Waals surface area contributed by atoms with E-state index in [1.165, 1.54) is 18.2 Å². The van der Waals surface area contributed by atoms with Crippen molar-refractivity contribution in [1.82, 2.24) is 0 Å². The number of nitrogens with one attached hydrogen (secondary N) is 1. The second-order valence-corrected chi connectivity index (χ2v) is 9.07. The molecule has 150 valence electrons. The van der Waals surface area contributed by atoms with Crippen LogP contribution in [0.25, 0.3) is 0 Å². The molecule has 0 fully saturated rings. The average molecular weight is 384 g/mol. The van der Waals surface area contributed by atoms with Gasteiger partial charge in [0.1, 0.15) is 5.75 Å². The van der Waals surface area contributed by atoms with Gasteiger partial charge in [-0.1, -0.05) is 40.7 Å². The molecular weight excluding hydrogens is 356 g/mol. The summed E-state index contributed by atoms with van der Waals surface area (Å²) in [7, 11) is 0. The van der Waals surface area contributed by atoms with Crippen molar-refractivity contribution in [3.63, 3.8) is 0 Å². The van der Waals surface area contributed by atoms with E-state index >= 15 is 0 Å². The summed E-state index contributed by atoms with van der Waals surface area (Å²) in [5, 5.41) is 23.9. The first-order chi connectivity index (χ1) is 12.8. The van der Waals surface area contributed by atoms with E-state index in [-0.39, 0.29) is 27.8 Å². The molecule has 0 atom stereocenters. The molecule has 0 spiro atoms. The zero-order valence-corrected chi connectivity index (χ0v) is 17.3. The average Bonchev–Trinajstić information content (AvgIpc) is 2.52. The lowest BCUT2D eigenvalue weighted by Crippen LogP contribution is -2.25. The number of nitro benzene ring substituents is 1. The van der Waals surface area contributed by atoms with Gasteiger partial charge < -0.3 is 10.4 Å². The minimum absolute atomic E-state index is 0.00762. The van der Waals surface area contributed by atoms with Gasteiger partial charge in [0, 0.05) is 17.3 Å². The smallest absolute Gasteiger partial charge is 0.272 e. The molecule has 0 bridgehead atoms. The van der Waals surface area contributed by atoms with E-state index < -0.39 is 10.8 Å². The number of hydrogen-bond donors (Lipinski definition) is 2. The first-order valence-electron chi connectivity index (χ1n) is 9.20. The van der Waals surface area contributed by atoms with Crippen LogP contribution in [0.3, 0.4) is 0 Å². The van der Waals surface area contributed by atoms with Gasteiger partial charge in [0.05, 0.1) is 10.5 Å². The molecule has 0 aliphatic carbocycles. The van der Waals surface area contributed by atoms with Crippen LogP contribution in [0, 0.1) is 22.5 Å². The van der Waals surface area contributed by atoms with Crippen LogP contribution in [0.4, 0.5) is 11.4 Å². The van der Waals surface area contributed by atoms with Crippen molar-refractivity contribution in [2.75, 3.05) is 5.32 Å². The highest BCUT2D eigenvalue weighted by Crippen LogP contribution is 2.37. The summed E-state index contributed by atoms with van der Waals surface area (Å²) in [4.78, 5) is 23.2. The Morgan fingerprint density at radius 3 is 2.29 bits per heavy atom. The van der Waals surface area contributed by atoms with Gasteiger partial charge in [-0.25, -0.2) is 0 Å². The van der Waals surface area contributed by atoms with Crippen molar-refractivity contribution >= 4 is 17.3 Å². The van der Waals surface area contributed by atoms with Crippen molar-refractivity contribution < 1.29 is 14.8 Å². The molecule has 2 aromatic carbocycles. The van der Waals surface area contributed by atoms with Gasteiger partial charge in [-0.2, -0.15) is 0 Å². The molecule has 2 rings (SSSR count). The lowest BCUT2D eigenvalue weighted by Gasteiger charge is -2.33. The Kier molecular flexibility index (Phi) is 5.83. The fraction of sp³-hybridized carbons (Fsp3) is 0.409. The first-order valence-corrected chi connectivity index (χ1v) is 9.20. The van der Waals surface area contributed by atoms with E-state index in [1.807, 2.05) is 6.07 Å². The number of carbonyl (C=O) groups excluding carboxylic acids is 1. The molecule has 0 aromatic heterocycles. The number of anilines is 1. The second-order valence-electron chi connectivity index (χ2n) is 9.07. The summed E-state index contributed by atoms with van der Waals surface area (Å²) in [5.41, 5.74) is 1.96. The summed E-state index contributed by atoms with van der Waals surface area (Å²) in [6.07, 6.45) is 0.910. The molecule has 6 nitrogen and oxygen atoms in total. The van der Waals surface area contributed by atoms with Crippen LogP contribution in [0.2, 0.25) is 0 Å². The van der Waals surface area contributed by atoms with E-state index in [0.717, 1.165) is 12.0 Å². The van der Waals surface area contributed by atoms with Gasteiger partial charge in [0.25, 0.3) is 11.6 Å².